The highest BCUT2D eigenvalue weighted by Crippen LogP contribution is 2.43. The van der Waals surface area contributed by atoms with Crippen LogP contribution in [-0.4, -0.2) is 43.0 Å². The fraction of sp³-hybridized carbons (Fsp3) is 0.240. The van der Waals surface area contributed by atoms with Crippen LogP contribution in [0.1, 0.15) is 39.0 Å². The zero-order valence-corrected chi connectivity index (χ0v) is 18.2. The molecular weight excluding hydrogens is 406 g/mol. The highest BCUT2D eigenvalue weighted by atomic mass is 16.5. The average Bonchev–Trinajstić information content (AvgIpc) is 2.84. The molecule has 2 amide bonds. The van der Waals surface area contributed by atoms with Gasteiger partial charge in [0, 0.05) is 31.5 Å². The van der Waals surface area contributed by atoms with Crippen LogP contribution in [0.5, 0.6) is 11.5 Å². The van der Waals surface area contributed by atoms with Crippen molar-refractivity contribution in [2.75, 3.05) is 21.3 Å². The summed E-state index contributed by atoms with van der Waals surface area (Å²) in [6, 6.07) is 16.0. The van der Waals surface area contributed by atoms with Gasteiger partial charge < -0.3 is 19.7 Å². The molecule has 2 atom stereocenters. The third kappa shape index (κ3) is 3.89. The molecule has 0 saturated heterocycles. The van der Waals surface area contributed by atoms with Crippen LogP contribution in [0.15, 0.2) is 67.0 Å². The second kappa shape index (κ2) is 9.09. The summed E-state index contributed by atoms with van der Waals surface area (Å²) in [4.78, 5) is 32.3. The smallest absolute Gasteiger partial charge is 0.254 e. The Bertz CT molecular complexity index is 1130. The summed E-state index contributed by atoms with van der Waals surface area (Å²) < 4.78 is 10.8. The molecular formula is C25H25N3O4. The summed E-state index contributed by atoms with van der Waals surface area (Å²) in [5, 5.41) is 3.04. The Hall–Kier alpha value is -3.87. The van der Waals surface area contributed by atoms with Gasteiger partial charge in [0.25, 0.3) is 5.91 Å². The normalized spacial score (nSPS) is 17.5. The molecule has 7 heteroatoms. The van der Waals surface area contributed by atoms with Crippen LogP contribution in [0.4, 0.5) is 0 Å². The van der Waals surface area contributed by atoms with Gasteiger partial charge in [0.2, 0.25) is 5.91 Å². The molecule has 1 aromatic heterocycles. The Kier molecular flexibility index (Phi) is 6.07. The molecule has 2 aromatic carbocycles. The van der Waals surface area contributed by atoms with Crippen molar-refractivity contribution >= 4 is 11.8 Å². The van der Waals surface area contributed by atoms with Crippen LogP contribution >= 0.6 is 0 Å². The van der Waals surface area contributed by atoms with Gasteiger partial charge >= 0.3 is 0 Å². The largest absolute Gasteiger partial charge is 0.493 e. The number of rotatable bonds is 6. The van der Waals surface area contributed by atoms with Crippen molar-refractivity contribution in [2.24, 2.45) is 0 Å². The molecule has 0 aliphatic carbocycles. The van der Waals surface area contributed by atoms with E-state index in [1.165, 1.54) is 0 Å². The van der Waals surface area contributed by atoms with Crippen LogP contribution in [0.3, 0.4) is 0 Å². The third-order valence-corrected chi connectivity index (χ3v) is 5.83. The molecule has 2 heterocycles. The van der Waals surface area contributed by atoms with Crippen LogP contribution in [0.25, 0.3) is 0 Å². The summed E-state index contributed by atoms with van der Waals surface area (Å²) in [6.45, 7) is 0.371. The van der Waals surface area contributed by atoms with Crippen molar-refractivity contribution in [3.05, 3.63) is 89.2 Å². The molecule has 1 aliphatic rings. The number of fused-ring (bicyclic) bond motifs is 1. The van der Waals surface area contributed by atoms with Crippen LogP contribution < -0.4 is 14.8 Å². The number of nitrogens with zero attached hydrogens (tertiary/aromatic N) is 2. The Balaban J connectivity index is 1.76. The molecule has 0 radical (unpaired) electrons. The minimum absolute atomic E-state index is 0.126. The number of carbonyl (C=O) groups excluding carboxylic acids is 2. The molecule has 164 valence electrons. The van der Waals surface area contributed by atoms with Crippen LogP contribution in [0.2, 0.25) is 0 Å². The number of nitrogens with one attached hydrogen (secondary N) is 1. The molecule has 7 nitrogen and oxygen atoms in total. The molecule has 4 rings (SSSR count). The van der Waals surface area contributed by atoms with Crippen molar-refractivity contribution < 1.29 is 19.1 Å². The first-order valence-electron chi connectivity index (χ1n) is 10.3. The molecule has 0 spiro atoms. The van der Waals surface area contributed by atoms with Gasteiger partial charge in [-0.2, -0.15) is 0 Å². The number of carbonyl (C=O) groups is 2. The van der Waals surface area contributed by atoms with E-state index in [1.54, 1.807) is 50.7 Å². The van der Waals surface area contributed by atoms with E-state index in [0.717, 1.165) is 11.1 Å². The lowest BCUT2D eigenvalue weighted by molar-refractivity contribution is -0.124. The Morgan fingerprint density at radius 3 is 2.47 bits per heavy atom. The second-order valence-electron chi connectivity index (χ2n) is 7.61. The van der Waals surface area contributed by atoms with Crippen molar-refractivity contribution in [1.82, 2.24) is 15.2 Å². The number of methoxy groups -OCH3 is 2. The summed E-state index contributed by atoms with van der Waals surface area (Å²) in [5.41, 5.74) is 2.99. The van der Waals surface area contributed by atoms with Gasteiger partial charge in [-0.25, -0.2) is 0 Å². The number of hydrogen-bond donors (Lipinski definition) is 1. The first-order chi connectivity index (χ1) is 15.5. The lowest BCUT2D eigenvalue weighted by atomic mass is 9.79. The van der Waals surface area contributed by atoms with E-state index in [-0.39, 0.29) is 11.8 Å². The summed E-state index contributed by atoms with van der Waals surface area (Å²) >= 11 is 0. The fourth-order valence-electron chi connectivity index (χ4n) is 4.21. The maximum atomic E-state index is 13.5. The number of likely N-dealkylation sites (N-methyl/N-ethyl adjacent to an activating group) is 1. The van der Waals surface area contributed by atoms with Crippen molar-refractivity contribution in [3.63, 3.8) is 0 Å². The van der Waals surface area contributed by atoms with E-state index in [9.17, 15) is 9.59 Å². The van der Waals surface area contributed by atoms with Crippen molar-refractivity contribution in [3.8, 4) is 11.5 Å². The molecule has 1 aliphatic heterocycles. The van der Waals surface area contributed by atoms with Gasteiger partial charge in [-0.05, 0) is 47.0 Å². The van der Waals surface area contributed by atoms with Crippen molar-refractivity contribution in [2.45, 2.75) is 18.5 Å². The second-order valence-corrected chi connectivity index (χ2v) is 7.61. The molecule has 0 bridgehead atoms. The predicted molar refractivity (Wildman–Crippen MR) is 120 cm³/mol. The minimum atomic E-state index is -0.589. The van der Waals surface area contributed by atoms with Crippen LogP contribution in [0, 0.1) is 0 Å². The lowest BCUT2D eigenvalue weighted by Gasteiger charge is -2.40. The van der Waals surface area contributed by atoms with Gasteiger partial charge in [0.05, 0.1) is 26.2 Å². The van der Waals surface area contributed by atoms with E-state index in [1.807, 2.05) is 42.5 Å². The first-order valence-corrected chi connectivity index (χ1v) is 10.3. The summed E-state index contributed by atoms with van der Waals surface area (Å²) in [6.07, 6.45) is 3.38. The topological polar surface area (TPSA) is 80.8 Å². The molecule has 32 heavy (non-hydrogen) atoms. The number of pyridine rings is 1. The standard InChI is InChI=1S/C25H25N3O4/c1-28-23(17-8-9-20(31-2)21(14-17)32-3)22(18-6-4-5-7-19(18)25(28)30)24(29)27-15-16-10-12-26-13-11-16/h4-14,22-23H,15H2,1-3H3,(H,27,29)/t22-,23+/m0/s1. The molecule has 0 unspecified atom stereocenters. The SMILES string of the molecule is COc1ccc([C@@H]2[C@@H](C(=O)NCc3ccncc3)c3ccccc3C(=O)N2C)cc1OC. The van der Waals surface area contributed by atoms with E-state index in [4.69, 9.17) is 9.47 Å². The molecule has 1 N–H and O–H groups in total. The van der Waals surface area contributed by atoms with Gasteiger partial charge in [-0.3, -0.25) is 14.6 Å². The first kappa shape index (κ1) is 21.4. The van der Waals surface area contributed by atoms with Gasteiger partial charge in [0.15, 0.2) is 11.5 Å². The quantitative estimate of drug-likeness (QED) is 0.648. The van der Waals surface area contributed by atoms with E-state index in [0.29, 0.717) is 29.2 Å². The summed E-state index contributed by atoms with van der Waals surface area (Å²) in [7, 11) is 4.85. The maximum absolute atomic E-state index is 13.5. The fourth-order valence-corrected chi connectivity index (χ4v) is 4.21. The number of amides is 2. The van der Waals surface area contributed by atoms with E-state index >= 15 is 0 Å². The zero-order valence-electron chi connectivity index (χ0n) is 18.2. The molecule has 3 aromatic rings. The van der Waals surface area contributed by atoms with Gasteiger partial charge in [0.1, 0.15) is 0 Å². The summed E-state index contributed by atoms with van der Waals surface area (Å²) in [5.74, 6) is 0.251. The third-order valence-electron chi connectivity index (χ3n) is 5.83. The average molecular weight is 431 g/mol. The number of hydrogen-bond acceptors (Lipinski definition) is 5. The maximum Gasteiger partial charge on any atom is 0.254 e. The van der Waals surface area contributed by atoms with E-state index < -0.39 is 12.0 Å². The lowest BCUT2D eigenvalue weighted by Crippen LogP contribution is -2.45. The Labute approximate surface area is 187 Å². The highest BCUT2D eigenvalue weighted by Gasteiger charge is 2.42. The van der Waals surface area contributed by atoms with E-state index in [2.05, 4.69) is 10.3 Å². The zero-order chi connectivity index (χ0) is 22.7. The highest BCUT2D eigenvalue weighted by molar-refractivity contribution is 6.01. The van der Waals surface area contributed by atoms with Crippen LogP contribution in [-0.2, 0) is 11.3 Å². The Morgan fingerprint density at radius 1 is 1.03 bits per heavy atom. The van der Waals surface area contributed by atoms with Gasteiger partial charge in [-0.15, -0.1) is 0 Å². The number of benzene rings is 2. The molecule has 0 fully saturated rings. The number of ether oxygens (including phenoxy) is 2. The number of aromatic nitrogens is 1. The molecule has 0 saturated carbocycles. The minimum Gasteiger partial charge on any atom is -0.493 e. The predicted octanol–water partition coefficient (Wildman–Crippen LogP) is 3.33. The Morgan fingerprint density at radius 2 is 1.75 bits per heavy atom. The van der Waals surface area contributed by atoms with Gasteiger partial charge in [-0.1, -0.05) is 24.3 Å². The monoisotopic (exact) mass is 431 g/mol. The van der Waals surface area contributed by atoms with Crippen molar-refractivity contribution in [1.29, 1.82) is 0 Å².